The monoisotopic (exact) mass is 326 g/mol. The van der Waals surface area contributed by atoms with Gasteiger partial charge in [0.05, 0.1) is 12.6 Å². The number of carbonyl (C=O) groups excluding carboxylic acids is 1. The highest BCUT2D eigenvalue weighted by Crippen LogP contribution is 2.51. The number of nitrogens with one attached hydrogen (secondary N) is 1. The smallest absolute Gasteiger partial charge is 0.302 e. The summed E-state index contributed by atoms with van der Waals surface area (Å²) in [5.41, 5.74) is 4.07. The van der Waals surface area contributed by atoms with Crippen molar-refractivity contribution in [3.8, 4) is 0 Å². The Kier molecular flexibility index (Phi) is 3.87. The molecule has 0 spiro atoms. The topological polar surface area (TPSA) is 45.3 Å². The number of para-hydroxylation sites is 1. The van der Waals surface area contributed by atoms with Crippen LogP contribution in [0.1, 0.15) is 50.4 Å². The van der Waals surface area contributed by atoms with Gasteiger partial charge in [-0.1, -0.05) is 25.1 Å². The summed E-state index contributed by atoms with van der Waals surface area (Å²) in [5.74, 6) is -0.173. The second-order valence-corrected chi connectivity index (χ2v) is 7.35. The minimum Gasteiger partial charge on any atom is -0.465 e. The lowest BCUT2D eigenvalue weighted by Crippen LogP contribution is -2.51. The highest BCUT2D eigenvalue weighted by Gasteiger charge is 2.48. The largest absolute Gasteiger partial charge is 0.465 e. The van der Waals surface area contributed by atoms with Gasteiger partial charge < -0.3 is 9.72 Å². The van der Waals surface area contributed by atoms with E-state index in [-0.39, 0.29) is 11.4 Å². The number of esters is 1. The fraction of sp³-hybridized carbons (Fsp3) is 0.550. The molecule has 4 heteroatoms. The second kappa shape index (κ2) is 5.92. The Bertz CT molecular complexity index is 766. The predicted molar refractivity (Wildman–Crippen MR) is 94.9 cm³/mol. The van der Waals surface area contributed by atoms with E-state index in [9.17, 15) is 4.79 Å². The molecule has 2 aliphatic rings. The van der Waals surface area contributed by atoms with Gasteiger partial charge in [0.15, 0.2) is 0 Å². The van der Waals surface area contributed by atoms with Gasteiger partial charge in [0.25, 0.3) is 0 Å². The van der Waals surface area contributed by atoms with Crippen LogP contribution in [0.3, 0.4) is 0 Å². The lowest BCUT2D eigenvalue weighted by molar-refractivity contribution is -0.149. The summed E-state index contributed by atoms with van der Waals surface area (Å²) in [6, 6.07) is 8.93. The molecule has 0 aliphatic carbocycles. The van der Waals surface area contributed by atoms with Crippen molar-refractivity contribution in [2.75, 3.05) is 19.7 Å². The molecule has 3 heterocycles. The minimum absolute atomic E-state index is 0.0139. The van der Waals surface area contributed by atoms with Crippen molar-refractivity contribution in [2.45, 2.75) is 45.6 Å². The molecule has 1 N–H and O–H groups in total. The van der Waals surface area contributed by atoms with Crippen LogP contribution in [-0.2, 0) is 16.0 Å². The summed E-state index contributed by atoms with van der Waals surface area (Å²) in [5, 5.41) is 1.36. The fourth-order valence-electron chi connectivity index (χ4n) is 4.86. The van der Waals surface area contributed by atoms with Crippen molar-refractivity contribution in [3.63, 3.8) is 0 Å². The lowest BCUT2D eigenvalue weighted by atomic mass is 9.68. The first-order valence-corrected chi connectivity index (χ1v) is 9.11. The van der Waals surface area contributed by atoms with Crippen molar-refractivity contribution in [1.82, 2.24) is 9.88 Å². The van der Waals surface area contributed by atoms with E-state index in [4.69, 9.17) is 4.74 Å². The molecule has 1 fully saturated rings. The molecular weight excluding hydrogens is 300 g/mol. The first kappa shape index (κ1) is 15.7. The highest BCUT2D eigenvalue weighted by molar-refractivity contribution is 5.85. The van der Waals surface area contributed by atoms with Crippen LogP contribution < -0.4 is 0 Å². The van der Waals surface area contributed by atoms with Gasteiger partial charge in [0.2, 0.25) is 0 Å². The molecule has 4 nitrogen and oxygen atoms in total. The molecule has 0 unspecified atom stereocenters. The van der Waals surface area contributed by atoms with Gasteiger partial charge in [-0.3, -0.25) is 9.69 Å². The number of aromatic nitrogens is 1. The van der Waals surface area contributed by atoms with Crippen LogP contribution in [-0.4, -0.2) is 35.5 Å². The average Bonchev–Trinajstić information content (AvgIpc) is 2.98. The third kappa shape index (κ3) is 2.35. The Morgan fingerprint density at radius 1 is 1.38 bits per heavy atom. The highest BCUT2D eigenvalue weighted by atomic mass is 16.5. The summed E-state index contributed by atoms with van der Waals surface area (Å²) < 4.78 is 5.53. The van der Waals surface area contributed by atoms with Gasteiger partial charge in [-0.05, 0) is 43.9 Å². The van der Waals surface area contributed by atoms with Crippen LogP contribution in [0.2, 0.25) is 0 Å². The third-order valence-electron chi connectivity index (χ3n) is 6.10. The van der Waals surface area contributed by atoms with Crippen molar-refractivity contribution in [3.05, 3.63) is 35.5 Å². The molecule has 2 aromatic rings. The fourth-order valence-corrected chi connectivity index (χ4v) is 4.86. The number of nitrogens with zero attached hydrogens (tertiary/aromatic N) is 1. The number of aromatic amines is 1. The molecule has 1 aromatic carbocycles. The first-order valence-electron chi connectivity index (χ1n) is 9.11. The maximum atomic E-state index is 11.4. The zero-order valence-corrected chi connectivity index (χ0v) is 14.6. The van der Waals surface area contributed by atoms with Gasteiger partial charge in [-0.2, -0.15) is 0 Å². The van der Waals surface area contributed by atoms with Crippen LogP contribution in [0.25, 0.3) is 10.9 Å². The molecule has 1 aromatic heterocycles. The second-order valence-electron chi connectivity index (χ2n) is 7.35. The Morgan fingerprint density at radius 2 is 2.21 bits per heavy atom. The van der Waals surface area contributed by atoms with Crippen LogP contribution in [0.15, 0.2) is 24.3 Å². The number of hydrogen-bond acceptors (Lipinski definition) is 3. The SMILES string of the molecule is CC[C@@]1(COC(C)=O)CCCN2CCc3c([nH]c4ccccc34)[C@H]21. The van der Waals surface area contributed by atoms with E-state index in [2.05, 4.69) is 41.1 Å². The van der Waals surface area contributed by atoms with Crippen LogP contribution in [0.4, 0.5) is 0 Å². The summed E-state index contributed by atoms with van der Waals surface area (Å²) in [6.45, 7) is 6.51. The molecular formula is C20H26N2O2. The van der Waals surface area contributed by atoms with Gasteiger partial charge in [-0.25, -0.2) is 0 Å². The normalized spacial score (nSPS) is 26.8. The molecule has 128 valence electrons. The lowest BCUT2D eigenvalue weighted by Gasteiger charge is -2.51. The minimum atomic E-state index is -0.173. The number of ether oxygens (including phenoxy) is 1. The maximum Gasteiger partial charge on any atom is 0.302 e. The molecule has 4 rings (SSSR count). The van der Waals surface area contributed by atoms with E-state index in [0.717, 1.165) is 32.4 Å². The molecule has 1 saturated heterocycles. The van der Waals surface area contributed by atoms with Gasteiger partial charge in [0.1, 0.15) is 0 Å². The number of hydrogen-bond donors (Lipinski definition) is 1. The molecule has 0 radical (unpaired) electrons. The molecule has 2 atom stereocenters. The van der Waals surface area contributed by atoms with Crippen molar-refractivity contribution >= 4 is 16.9 Å². The number of piperidine rings is 1. The molecule has 0 bridgehead atoms. The Hall–Kier alpha value is -1.81. The molecule has 0 saturated carbocycles. The average molecular weight is 326 g/mol. The van der Waals surface area contributed by atoms with Gasteiger partial charge in [0, 0.05) is 35.5 Å². The van der Waals surface area contributed by atoms with E-state index in [1.54, 1.807) is 0 Å². The zero-order chi connectivity index (χ0) is 16.7. The Balaban J connectivity index is 1.81. The number of carbonyl (C=O) groups is 1. The van der Waals surface area contributed by atoms with Crippen molar-refractivity contribution < 1.29 is 9.53 Å². The summed E-state index contributed by atoms with van der Waals surface area (Å²) in [6.07, 6.45) is 4.42. The van der Waals surface area contributed by atoms with Gasteiger partial charge >= 0.3 is 5.97 Å². The summed E-state index contributed by atoms with van der Waals surface area (Å²) >= 11 is 0. The zero-order valence-electron chi connectivity index (χ0n) is 14.6. The first-order chi connectivity index (χ1) is 11.6. The van der Waals surface area contributed by atoms with E-state index >= 15 is 0 Å². The summed E-state index contributed by atoms with van der Waals surface area (Å²) in [7, 11) is 0. The van der Waals surface area contributed by atoms with E-state index < -0.39 is 0 Å². The number of H-pyrrole nitrogens is 1. The molecule has 2 aliphatic heterocycles. The van der Waals surface area contributed by atoms with E-state index in [0.29, 0.717) is 12.6 Å². The van der Waals surface area contributed by atoms with Crippen LogP contribution >= 0.6 is 0 Å². The number of fused-ring (bicyclic) bond motifs is 5. The van der Waals surface area contributed by atoms with Crippen LogP contribution in [0, 0.1) is 5.41 Å². The van der Waals surface area contributed by atoms with Crippen molar-refractivity contribution in [2.24, 2.45) is 5.41 Å². The van der Waals surface area contributed by atoms with E-state index in [1.165, 1.54) is 35.5 Å². The number of rotatable bonds is 3. The Labute approximate surface area is 143 Å². The predicted octanol–water partition coefficient (Wildman–Crippen LogP) is 3.82. The van der Waals surface area contributed by atoms with Crippen LogP contribution in [0.5, 0.6) is 0 Å². The standard InChI is InChI=1S/C20H26N2O2/c1-3-20(13-24-14(2)23)10-6-11-22-12-9-16-15-7-4-5-8-17(15)21-18(16)19(20)22/h4-5,7-8,19,21H,3,6,9-13H2,1-2H3/t19-,20-/m0/s1. The van der Waals surface area contributed by atoms with Gasteiger partial charge in [-0.15, -0.1) is 0 Å². The quantitative estimate of drug-likeness (QED) is 0.872. The molecule has 0 amide bonds. The Morgan fingerprint density at radius 3 is 3.00 bits per heavy atom. The molecule has 24 heavy (non-hydrogen) atoms. The summed E-state index contributed by atoms with van der Waals surface area (Å²) in [4.78, 5) is 17.8. The maximum absolute atomic E-state index is 11.4. The van der Waals surface area contributed by atoms with E-state index in [1.807, 2.05) is 0 Å². The number of benzene rings is 1. The third-order valence-corrected chi connectivity index (χ3v) is 6.10. The van der Waals surface area contributed by atoms with Crippen molar-refractivity contribution in [1.29, 1.82) is 0 Å².